The first-order chi connectivity index (χ1) is 15.9. The number of esters is 1. The van der Waals surface area contributed by atoms with Gasteiger partial charge >= 0.3 is 5.97 Å². The zero-order chi connectivity index (χ0) is 23.8. The van der Waals surface area contributed by atoms with Crippen LogP contribution in [0.1, 0.15) is 31.8 Å². The summed E-state index contributed by atoms with van der Waals surface area (Å²) in [5.41, 5.74) is 9.08. The Bertz CT molecular complexity index is 1190. The number of nitrogens with one attached hydrogen (secondary N) is 3. The van der Waals surface area contributed by atoms with Crippen molar-refractivity contribution in [3.05, 3.63) is 95.1 Å². The molecule has 2 amide bonds. The first kappa shape index (κ1) is 23.2. The molecule has 0 unspecified atom stereocenters. The van der Waals surface area contributed by atoms with E-state index in [9.17, 15) is 14.4 Å². The van der Waals surface area contributed by atoms with Crippen molar-refractivity contribution in [2.24, 2.45) is 5.73 Å². The predicted molar refractivity (Wildman–Crippen MR) is 125 cm³/mol. The average molecular weight is 444 g/mol. The van der Waals surface area contributed by atoms with Crippen LogP contribution in [0.3, 0.4) is 0 Å². The molecule has 0 aliphatic rings. The summed E-state index contributed by atoms with van der Waals surface area (Å²) < 4.78 is 4.85. The van der Waals surface area contributed by atoms with Crippen LogP contribution in [0, 0.1) is 5.41 Å². The third-order valence-electron chi connectivity index (χ3n) is 4.86. The van der Waals surface area contributed by atoms with E-state index < -0.39 is 5.97 Å². The van der Waals surface area contributed by atoms with Crippen molar-refractivity contribution in [3.8, 4) is 11.1 Å². The third kappa shape index (κ3) is 6.27. The molecule has 0 atom stereocenters. The van der Waals surface area contributed by atoms with Crippen LogP contribution < -0.4 is 16.4 Å². The topological polar surface area (TPSA) is 134 Å². The van der Waals surface area contributed by atoms with Crippen LogP contribution in [0.25, 0.3) is 11.1 Å². The summed E-state index contributed by atoms with van der Waals surface area (Å²) in [6, 6.07) is 20.8. The van der Waals surface area contributed by atoms with Crippen LogP contribution >= 0.6 is 0 Å². The summed E-state index contributed by atoms with van der Waals surface area (Å²) >= 11 is 0. The highest BCUT2D eigenvalue weighted by Gasteiger charge is 2.12. The maximum absolute atomic E-state index is 12.2. The Morgan fingerprint density at radius 2 is 1.55 bits per heavy atom. The molecule has 0 aliphatic carbocycles. The van der Waals surface area contributed by atoms with Gasteiger partial charge in [0.05, 0.1) is 19.2 Å². The molecule has 3 rings (SSSR count). The summed E-state index contributed by atoms with van der Waals surface area (Å²) in [6.07, 6.45) is 0. The SMILES string of the molecule is COC(=O)c1cc(CNC(=O)CNC(=O)c2ccccc2)cc(-c2cccc(C(=N)N)c2)c1. The highest BCUT2D eigenvalue weighted by Crippen LogP contribution is 2.24. The Hall–Kier alpha value is -4.46. The number of nitrogen functional groups attached to an aromatic ring is 1. The molecule has 3 aromatic carbocycles. The third-order valence-corrected chi connectivity index (χ3v) is 4.86. The van der Waals surface area contributed by atoms with Gasteiger partial charge in [0.15, 0.2) is 0 Å². The Balaban J connectivity index is 1.73. The van der Waals surface area contributed by atoms with Gasteiger partial charge in [0.2, 0.25) is 5.91 Å². The molecule has 0 heterocycles. The number of nitrogens with two attached hydrogens (primary N) is 1. The van der Waals surface area contributed by atoms with Gasteiger partial charge in [-0.25, -0.2) is 4.79 Å². The van der Waals surface area contributed by atoms with Crippen molar-refractivity contribution >= 4 is 23.6 Å². The summed E-state index contributed by atoms with van der Waals surface area (Å²) in [6.45, 7) is -0.0395. The van der Waals surface area contributed by atoms with Gasteiger partial charge in [-0.15, -0.1) is 0 Å². The molecule has 0 bridgehead atoms. The second kappa shape index (κ2) is 10.7. The minimum absolute atomic E-state index is 0.0639. The van der Waals surface area contributed by atoms with Gasteiger partial charge in [-0.3, -0.25) is 15.0 Å². The number of amides is 2. The number of carbonyl (C=O) groups is 3. The number of carbonyl (C=O) groups excluding carboxylic acids is 3. The lowest BCUT2D eigenvalue weighted by molar-refractivity contribution is -0.120. The van der Waals surface area contributed by atoms with Crippen LogP contribution in [0.5, 0.6) is 0 Å². The van der Waals surface area contributed by atoms with E-state index in [2.05, 4.69) is 10.6 Å². The number of hydrogen-bond donors (Lipinski definition) is 4. The minimum Gasteiger partial charge on any atom is -0.465 e. The molecule has 5 N–H and O–H groups in total. The molecule has 0 aromatic heterocycles. The van der Waals surface area contributed by atoms with E-state index in [0.29, 0.717) is 27.8 Å². The lowest BCUT2D eigenvalue weighted by Crippen LogP contribution is -2.36. The molecule has 0 saturated heterocycles. The normalized spacial score (nSPS) is 10.2. The molecule has 0 spiro atoms. The van der Waals surface area contributed by atoms with E-state index >= 15 is 0 Å². The van der Waals surface area contributed by atoms with Gasteiger partial charge in [-0.1, -0.05) is 36.4 Å². The summed E-state index contributed by atoms with van der Waals surface area (Å²) in [5.74, 6) is -1.29. The number of rotatable bonds is 8. The largest absolute Gasteiger partial charge is 0.465 e. The smallest absolute Gasteiger partial charge is 0.337 e. The lowest BCUT2D eigenvalue weighted by Gasteiger charge is -2.12. The van der Waals surface area contributed by atoms with Crippen molar-refractivity contribution in [1.82, 2.24) is 10.6 Å². The summed E-state index contributed by atoms with van der Waals surface area (Å²) in [4.78, 5) is 36.5. The zero-order valence-electron chi connectivity index (χ0n) is 18.1. The van der Waals surface area contributed by atoms with E-state index in [1.54, 1.807) is 60.7 Å². The second-order valence-corrected chi connectivity index (χ2v) is 7.23. The number of ether oxygens (including phenoxy) is 1. The fourth-order valence-electron chi connectivity index (χ4n) is 3.18. The van der Waals surface area contributed by atoms with Crippen molar-refractivity contribution in [2.45, 2.75) is 6.54 Å². The van der Waals surface area contributed by atoms with Gasteiger partial charge in [0.25, 0.3) is 5.91 Å². The van der Waals surface area contributed by atoms with Crippen LogP contribution in [0.15, 0.2) is 72.8 Å². The summed E-state index contributed by atoms with van der Waals surface area (Å²) in [5, 5.41) is 13.0. The standard InChI is InChI=1S/C25H24N4O4/c1-33-25(32)21-11-16(10-20(13-21)18-8-5-9-19(12-18)23(26)27)14-28-22(30)15-29-24(31)17-6-3-2-4-7-17/h2-13H,14-15H2,1H3,(H3,26,27)(H,28,30)(H,29,31). The van der Waals surface area contributed by atoms with Crippen molar-refractivity contribution in [1.29, 1.82) is 5.41 Å². The van der Waals surface area contributed by atoms with E-state index in [-0.39, 0.29) is 30.7 Å². The molecule has 8 heteroatoms. The molecule has 0 aliphatic heterocycles. The van der Waals surface area contributed by atoms with E-state index in [0.717, 1.165) is 5.56 Å². The molecule has 3 aromatic rings. The van der Waals surface area contributed by atoms with Crippen LogP contribution in [0.2, 0.25) is 0 Å². The zero-order valence-corrected chi connectivity index (χ0v) is 18.1. The average Bonchev–Trinajstić information content (AvgIpc) is 2.85. The first-order valence-electron chi connectivity index (χ1n) is 10.1. The Labute approximate surface area is 191 Å². The maximum atomic E-state index is 12.2. The van der Waals surface area contributed by atoms with Crippen molar-refractivity contribution in [2.75, 3.05) is 13.7 Å². The quantitative estimate of drug-likeness (QED) is 0.241. The highest BCUT2D eigenvalue weighted by atomic mass is 16.5. The molecule has 33 heavy (non-hydrogen) atoms. The van der Waals surface area contributed by atoms with Crippen LogP contribution in [-0.2, 0) is 16.1 Å². The Kier molecular flexibility index (Phi) is 7.54. The number of amidine groups is 1. The van der Waals surface area contributed by atoms with Gasteiger partial charge in [0, 0.05) is 17.7 Å². The predicted octanol–water partition coefficient (Wildman–Crippen LogP) is 2.47. The number of methoxy groups -OCH3 is 1. The van der Waals surface area contributed by atoms with E-state index in [1.807, 2.05) is 12.1 Å². The molecule has 168 valence electrons. The molecule has 8 nitrogen and oxygen atoms in total. The van der Waals surface area contributed by atoms with Crippen molar-refractivity contribution < 1.29 is 19.1 Å². The fraction of sp³-hybridized carbons (Fsp3) is 0.120. The molecular formula is C25H24N4O4. The highest BCUT2D eigenvalue weighted by molar-refractivity contribution is 5.97. The number of hydrogen-bond acceptors (Lipinski definition) is 5. The van der Waals surface area contributed by atoms with Gasteiger partial charge in [-0.2, -0.15) is 0 Å². The molecule has 0 fully saturated rings. The summed E-state index contributed by atoms with van der Waals surface area (Å²) in [7, 11) is 1.29. The molecule has 0 saturated carbocycles. The minimum atomic E-state index is -0.512. The second-order valence-electron chi connectivity index (χ2n) is 7.23. The monoisotopic (exact) mass is 444 g/mol. The first-order valence-corrected chi connectivity index (χ1v) is 10.1. The van der Waals surface area contributed by atoms with Gasteiger partial charge < -0.3 is 21.1 Å². The Morgan fingerprint density at radius 1 is 0.848 bits per heavy atom. The van der Waals surface area contributed by atoms with Gasteiger partial charge in [0.1, 0.15) is 5.84 Å². The van der Waals surface area contributed by atoms with E-state index in [1.165, 1.54) is 7.11 Å². The van der Waals surface area contributed by atoms with Crippen molar-refractivity contribution in [3.63, 3.8) is 0 Å². The Morgan fingerprint density at radius 3 is 2.24 bits per heavy atom. The van der Waals surface area contributed by atoms with Crippen LogP contribution in [-0.4, -0.2) is 37.3 Å². The number of benzene rings is 3. The maximum Gasteiger partial charge on any atom is 0.337 e. The van der Waals surface area contributed by atoms with Gasteiger partial charge in [-0.05, 0) is 53.1 Å². The lowest BCUT2D eigenvalue weighted by atomic mass is 9.98. The van der Waals surface area contributed by atoms with Crippen LogP contribution in [0.4, 0.5) is 0 Å². The van der Waals surface area contributed by atoms with E-state index in [4.69, 9.17) is 15.9 Å². The molecular weight excluding hydrogens is 420 g/mol. The fourth-order valence-corrected chi connectivity index (χ4v) is 3.18. The molecule has 0 radical (unpaired) electrons.